The molecule has 0 fully saturated rings. The molecule has 0 amide bonds. The molecule has 0 spiro atoms. The van der Waals surface area contributed by atoms with Gasteiger partial charge in [0.2, 0.25) is 0 Å². The molecule has 1 heterocycles. The molecule has 0 aliphatic carbocycles. The first-order chi connectivity index (χ1) is 12.1. The smallest absolute Gasteiger partial charge is 0.145 e. The summed E-state index contributed by atoms with van der Waals surface area (Å²) in [5.41, 5.74) is 11.4. The van der Waals surface area contributed by atoms with E-state index in [9.17, 15) is 5.21 Å². The maximum Gasteiger partial charge on any atom is 0.145 e. The Bertz CT molecular complexity index is 850. The summed E-state index contributed by atoms with van der Waals surface area (Å²) in [6.45, 7) is 1.42. The van der Waals surface area contributed by atoms with Gasteiger partial charge in [0.1, 0.15) is 12.4 Å². The molecule has 2 aromatic carbocycles. The van der Waals surface area contributed by atoms with Gasteiger partial charge in [0.05, 0.1) is 11.1 Å². The highest BCUT2D eigenvalue weighted by Crippen LogP contribution is 2.15. The van der Waals surface area contributed by atoms with Gasteiger partial charge in [-0.15, -0.1) is 0 Å². The Morgan fingerprint density at radius 3 is 2.44 bits per heavy atom. The van der Waals surface area contributed by atoms with Crippen molar-refractivity contribution in [1.29, 1.82) is 0 Å². The maximum atomic E-state index is 10.5. The van der Waals surface area contributed by atoms with E-state index < -0.39 is 0 Å². The Hall–Kier alpha value is -2.25. The molecule has 0 saturated heterocycles. The van der Waals surface area contributed by atoms with Gasteiger partial charge in [-0.05, 0) is 18.2 Å². The number of benzene rings is 2. The first-order valence-corrected chi connectivity index (χ1v) is 8.24. The first kappa shape index (κ1) is 19.1. The molecule has 0 aromatic heterocycles. The second kappa shape index (κ2) is 9.29. The average molecular weight is 360 g/mol. The number of fused-ring (bicyclic) bond motifs is 1. The van der Waals surface area contributed by atoms with Crippen LogP contribution in [0, 0.1) is 0 Å². The molecular formula is C18H22ClN5O. The van der Waals surface area contributed by atoms with Crippen molar-refractivity contribution in [1.82, 2.24) is 5.06 Å². The quantitative estimate of drug-likeness (QED) is 0.736. The molecular weight excluding hydrogens is 338 g/mol. The van der Waals surface area contributed by atoms with E-state index in [1.54, 1.807) is 13.1 Å². The molecule has 132 valence electrons. The maximum absolute atomic E-state index is 10.5. The molecule has 25 heavy (non-hydrogen) atoms. The summed E-state index contributed by atoms with van der Waals surface area (Å²) in [6.07, 6.45) is 0. The zero-order valence-corrected chi connectivity index (χ0v) is 14.8. The Morgan fingerprint density at radius 1 is 1.16 bits per heavy atom. The number of nitrogens with two attached hydrogens (primary N) is 2. The van der Waals surface area contributed by atoms with Crippen molar-refractivity contribution in [3.05, 3.63) is 69.7 Å². The van der Waals surface area contributed by atoms with Crippen molar-refractivity contribution in [3.8, 4) is 0 Å². The van der Waals surface area contributed by atoms with Gasteiger partial charge in [-0.1, -0.05) is 41.9 Å². The predicted octanol–water partition coefficient (Wildman–Crippen LogP) is 0.753. The van der Waals surface area contributed by atoms with Gasteiger partial charge in [-0.2, -0.15) is 0 Å². The summed E-state index contributed by atoms with van der Waals surface area (Å²) in [7, 11) is 1.66. The average Bonchev–Trinajstić information content (AvgIpc) is 2.77. The van der Waals surface area contributed by atoms with Crippen LogP contribution >= 0.6 is 11.6 Å². The van der Waals surface area contributed by atoms with E-state index in [1.807, 2.05) is 42.5 Å². The fourth-order valence-corrected chi connectivity index (χ4v) is 2.52. The van der Waals surface area contributed by atoms with E-state index in [-0.39, 0.29) is 6.54 Å². The Kier molecular flexibility index (Phi) is 7.09. The lowest BCUT2D eigenvalue weighted by Gasteiger charge is -2.19. The van der Waals surface area contributed by atoms with Crippen molar-refractivity contribution < 1.29 is 5.21 Å². The van der Waals surface area contributed by atoms with E-state index in [0.29, 0.717) is 29.6 Å². The zero-order chi connectivity index (χ0) is 18.2. The number of halogens is 1. The molecule has 6 nitrogen and oxygen atoms in total. The first-order valence-electron chi connectivity index (χ1n) is 7.87. The van der Waals surface area contributed by atoms with Crippen molar-refractivity contribution in [2.45, 2.75) is 0 Å². The van der Waals surface area contributed by atoms with Crippen molar-refractivity contribution in [2.75, 3.05) is 26.7 Å². The molecule has 7 heteroatoms. The van der Waals surface area contributed by atoms with Crippen LogP contribution in [0.3, 0.4) is 0 Å². The number of nitrogens with zero attached hydrogens (tertiary/aromatic N) is 3. The van der Waals surface area contributed by atoms with Crippen LogP contribution in [0.25, 0.3) is 5.70 Å². The molecule has 0 atom stereocenters. The minimum Gasteiger partial charge on any atom is -0.329 e. The number of aliphatic imine (C=N–C) groups is 1. The van der Waals surface area contributed by atoms with Gasteiger partial charge in [0.25, 0.3) is 0 Å². The highest BCUT2D eigenvalue weighted by Gasteiger charge is 2.17. The van der Waals surface area contributed by atoms with Crippen molar-refractivity contribution in [2.24, 2.45) is 21.5 Å². The van der Waals surface area contributed by atoms with Crippen LogP contribution in [0.5, 0.6) is 0 Å². The standard InChI is InChI=1S/C16H14ClN3O.C2H8N2/c1-18-15-10-20(21)16(11-5-3-2-4-6-11)13-9-12(17)7-8-14(13)19-15;3-1-2-4/h2-9,21H,10H2,1H3;1-4H2/b18-15-;. The zero-order valence-electron chi connectivity index (χ0n) is 14.1. The predicted molar refractivity (Wildman–Crippen MR) is 101 cm³/mol. The van der Waals surface area contributed by atoms with Crippen LogP contribution < -0.4 is 22.0 Å². The number of hydrogen-bond donors (Lipinski definition) is 3. The second-order valence-corrected chi connectivity index (χ2v) is 5.70. The third-order valence-electron chi connectivity index (χ3n) is 3.48. The van der Waals surface area contributed by atoms with Gasteiger partial charge in [0, 0.05) is 35.9 Å². The van der Waals surface area contributed by atoms with E-state index in [1.165, 1.54) is 5.06 Å². The van der Waals surface area contributed by atoms with Crippen LogP contribution in [-0.4, -0.2) is 42.8 Å². The second-order valence-electron chi connectivity index (χ2n) is 5.26. The van der Waals surface area contributed by atoms with Crippen molar-refractivity contribution >= 4 is 23.1 Å². The largest absolute Gasteiger partial charge is 0.329 e. The monoisotopic (exact) mass is 359 g/mol. The molecule has 0 radical (unpaired) electrons. The SMILES string of the molecule is C/N=C1/CN(O)C(c2ccccc2)=c2cc(Cl)ccc2=N1.NCCN. The molecule has 3 rings (SSSR count). The van der Waals surface area contributed by atoms with E-state index >= 15 is 0 Å². The van der Waals surface area contributed by atoms with Gasteiger partial charge in [0.15, 0.2) is 0 Å². The van der Waals surface area contributed by atoms with Gasteiger partial charge < -0.3 is 11.5 Å². The molecule has 5 N–H and O–H groups in total. The lowest BCUT2D eigenvalue weighted by molar-refractivity contribution is -0.0119. The number of rotatable bonds is 2. The summed E-state index contributed by atoms with van der Waals surface area (Å²) in [4.78, 5) is 8.60. The Balaban J connectivity index is 0.000000511. The summed E-state index contributed by atoms with van der Waals surface area (Å²) in [5, 5.41) is 13.8. The molecule has 0 saturated carbocycles. The highest BCUT2D eigenvalue weighted by molar-refractivity contribution is 6.30. The number of amidine groups is 1. The Labute approximate surface area is 151 Å². The molecule has 1 aliphatic heterocycles. The van der Waals surface area contributed by atoms with Crippen LogP contribution in [0.1, 0.15) is 5.56 Å². The summed E-state index contributed by atoms with van der Waals surface area (Å²) in [6, 6.07) is 15.1. The minimum atomic E-state index is 0.229. The fourth-order valence-electron chi connectivity index (χ4n) is 2.34. The van der Waals surface area contributed by atoms with Gasteiger partial charge >= 0.3 is 0 Å². The fraction of sp³-hybridized carbons (Fsp3) is 0.222. The van der Waals surface area contributed by atoms with E-state index in [2.05, 4.69) is 9.98 Å². The van der Waals surface area contributed by atoms with E-state index in [4.69, 9.17) is 23.1 Å². The highest BCUT2D eigenvalue weighted by atomic mass is 35.5. The summed E-state index contributed by atoms with van der Waals surface area (Å²) >= 11 is 6.12. The Morgan fingerprint density at radius 2 is 1.84 bits per heavy atom. The summed E-state index contributed by atoms with van der Waals surface area (Å²) < 4.78 is 0. The molecule has 0 bridgehead atoms. The lowest BCUT2D eigenvalue weighted by atomic mass is 10.1. The van der Waals surface area contributed by atoms with Crippen LogP contribution in [-0.2, 0) is 0 Å². The normalized spacial score (nSPS) is 15.0. The summed E-state index contributed by atoms with van der Waals surface area (Å²) in [5.74, 6) is 0.562. The molecule has 0 unspecified atom stereocenters. The van der Waals surface area contributed by atoms with Gasteiger partial charge in [-0.3, -0.25) is 10.2 Å². The lowest BCUT2D eigenvalue weighted by Crippen LogP contribution is -2.31. The van der Waals surface area contributed by atoms with Crippen LogP contribution in [0.2, 0.25) is 5.02 Å². The van der Waals surface area contributed by atoms with Crippen molar-refractivity contribution in [3.63, 3.8) is 0 Å². The molecule has 1 aliphatic rings. The third-order valence-corrected chi connectivity index (χ3v) is 3.72. The topological polar surface area (TPSA) is 100 Å². The minimum absolute atomic E-state index is 0.229. The number of hydroxylamine groups is 2. The molecule has 2 aromatic rings. The number of hydrogen-bond acceptors (Lipinski definition) is 5. The van der Waals surface area contributed by atoms with Crippen LogP contribution in [0.4, 0.5) is 0 Å². The van der Waals surface area contributed by atoms with Gasteiger partial charge in [-0.25, -0.2) is 10.1 Å². The van der Waals surface area contributed by atoms with E-state index in [0.717, 1.165) is 16.1 Å². The van der Waals surface area contributed by atoms with Crippen LogP contribution in [0.15, 0.2) is 58.5 Å². The third kappa shape index (κ3) is 4.87.